The molecule has 9 heteroatoms. The van der Waals surface area contributed by atoms with Gasteiger partial charge in [-0.05, 0) is 63.1 Å². The fraction of sp³-hybridized carbons (Fsp3) is 0.231. The number of hydrogen-bond acceptors (Lipinski definition) is 4. The van der Waals surface area contributed by atoms with Gasteiger partial charge in [0.1, 0.15) is 0 Å². The first-order valence-electron chi connectivity index (χ1n) is 11.3. The number of nitrogens with two attached hydrogens (primary N) is 1. The van der Waals surface area contributed by atoms with Crippen molar-refractivity contribution in [1.29, 1.82) is 0 Å². The van der Waals surface area contributed by atoms with Gasteiger partial charge in [-0.15, -0.1) is 0 Å². The van der Waals surface area contributed by atoms with E-state index in [2.05, 4.69) is 0 Å². The van der Waals surface area contributed by atoms with Gasteiger partial charge in [-0.25, -0.2) is 4.79 Å². The number of aromatic nitrogens is 5. The number of amides is 1. The molecule has 35 heavy (non-hydrogen) atoms. The number of carbonyl (C=O) groups excluding carboxylic acids is 1. The number of nitrogens with zero attached hydrogens (tertiary/aromatic N) is 5. The molecule has 0 saturated heterocycles. The Bertz CT molecular complexity index is 1780. The Kier molecular flexibility index (Phi) is 5.01. The van der Waals surface area contributed by atoms with E-state index in [-0.39, 0.29) is 12.1 Å². The lowest BCUT2D eigenvalue weighted by Gasteiger charge is -2.11. The summed E-state index contributed by atoms with van der Waals surface area (Å²) >= 11 is 0. The summed E-state index contributed by atoms with van der Waals surface area (Å²) in [5.41, 5.74) is 11.1. The summed E-state index contributed by atoms with van der Waals surface area (Å²) < 4.78 is 6.39. The van der Waals surface area contributed by atoms with Crippen LogP contribution in [0.3, 0.4) is 0 Å². The van der Waals surface area contributed by atoms with E-state index in [0.717, 1.165) is 33.8 Å². The van der Waals surface area contributed by atoms with Crippen molar-refractivity contribution in [2.75, 3.05) is 0 Å². The van der Waals surface area contributed by atoms with Crippen LogP contribution in [0.15, 0.2) is 52.1 Å². The van der Waals surface area contributed by atoms with Crippen molar-refractivity contribution in [3.63, 3.8) is 0 Å². The summed E-state index contributed by atoms with van der Waals surface area (Å²) in [5.74, 6) is 0.00598. The number of rotatable bonds is 4. The van der Waals surface area contributed by atoms with Gasteiger partial charge in [0.15, 0.2) is 11.2 Å². The molecule has 1 amide bonds. The number of fused-ring (bicyclic) bond motifs is 3. The SMILES string of the molecule is Cc1ccc(C)c(Cn2c(=O)c3c(nc4n(-c5ccc(C(N)=O)cc5)c(C)c(C)n34)n(C)c2=O)c1. The van der Waals surface area contributed by atoms with Crippen LogP contribution in [0.1, 0.15) is 38.4 Å². The standard InChI is InChI=1S/C26H26N6O3/c1-14-6-7-15(2)19(12-14)13-30-24(34)21-23(29(5)26(30)35)28-25-31(16(3)17(4)32(21)25)20-10-8-18(9-11-20)22(27)33/h6-12H,13H2,1-5H3,(H2,27,33). The van der Waals surface area contributed by atoms with E-state index >= 15 is 0 Å². The molecule has 2 N–H and O–H groups in total. The van der Waals surface area contributed by atoms with Gasteiger partial charge in [-0.3, -0.25) is 27.7 Å². The first-order chi connectivity index (χ1) is 16.6. The monoisotopic (exact) mass is 470 g/mol. The van der Waals surface area contributed by atoms with Crippen molar-refractivity contribution in [3.05, 3.63) is 96.9 Å². The lowest BCUT2D eigenvalue weighted by atomic mass is 10.1. The molecule has 9 nitrogen and oxygen atoms in total. The Labute approximate surface area is 200 Å². The summed E-state index contributed by atoms with van der Waals surface area (Å²) in [4.78, 5) is 43.2. The normalized spacial score (nSPS) is 11.6. The smallest absolute Gasteiger partial charge is 0.332 e. The second kappa shape index (κ2) is 7.83. The lowest BCUT2D eigenvalue weighted by molar-refractivity contribution is 0.100. The average Bonchev–Trinajstić information content (AvgIpc) is 3.33. The Morgan fingerprint density at radius 3 is 2.31 bits per heavy atom. The maximum absolute atomic E-state index is 13.7. The predicted octanol–water partition coefficient (Wildman–Crippen LogP) is 2.52. The summed E-state index contributed by atoms with van der Waals surface area (Å²) in [6.45, 7) is 7.98. The molecule has 0 aliphatic heterocycles. The Morgan fingerprint density at radius 2 is 1.66 bits per heavy atom. The second-order valence-corrected chi connectivity index (χ2v) is 9.00. The van der Waals surface area contributed by atoms with Gasteiger partial charge in [0.25, 0.3) is 5.56 Å². The van der Waals surface area contributed by atoms with Crippen molar-refractivity contribution in [3.8, 4) is 5.69 Å². The molecule has 0 bridgehead atoms. The van der Waals surface area contributed by atoms with Crippen LogP contribution in [0.5, 0.6) is 0 Å². The van der Waals surface area contributed by atoms with Gasteiger partial charge < -0.3 is 5.73 Å². The fourth-order valence-corrected chi connectivity index (χ4v) is 4.61. The molecular formula is C26H26N6O3. The second-order valence-electron chi connectivity index (χ2n) is 9.00. The summed E-state index contributed by atoms with van der Waals surface area (Å²) in [6.07, 6.45) is 0. The Morgan fingerprint density at radius 1 is 0.971 bits per heavy atom. The molecule has 178 valence electrons. The Hall–Kier alpha value is -4.40. The molecule has 5 aromatic rings. The fourth-order valence-electron chi connectivity index (χ4n) is 4.61. The van der Waals surface area contributed by atoms with Crippen molar-refractivity contribution >= 4 is 22.8 Å². The van der Waals surface area contributed by atoms with Crippen LogP contribution >= 0.6 is 0 Å². The van der Waals surface area contributed by atoms with E-state index in [0.29, 0.717) is 22.5 Å². The molecule has 0 fully saturated rings. The number of benzene rings is 2. The first kappa shape index (κ1) is 22.4. The van der Waals surface area contributed by atoms with E-state index < -0.39 is 11.6 Å². The predicted molar refractivity (Wildman–Crippen MR) is 135 cm³/mol. The highest BCUT2D eigenvalue weighted by atomic mass is 16.2. The van der Waals surface area contributed by atoms with Crippen LogP contribution in [0.2, 0.25) is 0 Å². The van der Waals surface area contributed by atoms with Gasteiger partial charge in [0, 0.05) is 29.7 Å². The zero-order valence-corrected chi connectivity index (χ0v) is 20.3. The van der Waals surface area contributed by atoms with Gasteiger partial charge >= 0.3 is 5.69 Å². The third-order valence-corrected chi connectivity index (χ3v) is 6.76. The van der Waals surface area contributed by atoms with Crippen LogP contribution in [0.4, 0.5) is 0 Å². The quantitative estimate of drug-likeness (QED) is 0.435. The number of primary amides is 1. The van der Waals surface area contributed by atoms with E-state index in [1.807, 2.05) is 50.5 Å². The molecular weight excluding hydrogens is 444 g/mol. The topological polar surface area (TPSA) is 109 Å². The van der Waals surface area contributed by atoms with Crippen molar-refractivity contribution < 1.29 is 4.79 Å². The van der Waals surface area contributed by atoms with Gasteiger partial charge in [0.05, 0.1) is 6.54 Å². The molecule has 0 spiro atoms. The molecule has 0 aliphatic carbocycles. The third-order valence-electron chi connectivity index (χ3n) is 6.76. The third kappa shape index (κ3) is 3.30. The van der Waals surface area contributed by atoms with Crippen molar-refractivity contribution in [2.45, 2.75) is 34.2 Å². The molecule has 3 aromatic heterocycles. The zero-order valence-electron chi connectivity index (χ0n) is 20.3. The van der Waals surface area contributed by atoms with Crippen LogP contribution in [0, 0.1) is 27.7 Å². The van der Waals surface area contributed by atoms with Crippen LogP contribution in [0.25, 0.3) is 22.6 Å². The maximum Gasteiger partial charge on any atom is 0.332 e. The van der Waals surface area contributed by atoms with Crippen LogP contribution in [-0.4, -0.2) is 29.0 Å². The number of imidazole rings is 2. The number of hydrogen-bond donors (Lipinski definition) is 1. The molecule has 3 heterocycles. The molecule has 5 rings (SSSR count). The summed E-state index contributed by atoms with van der Waals surface area (Å²) in [5, 5.41) is 0. The maximum atomic E-state index is 13.7. The molecule has 0 atom stereocenters. The number of aryl methyl sites for hydroxylation is 4. The summed E-state index contributed by atoms with van der Waals surface area (Å²) in [6, 6.07) is 12.9. The molecule has 0 saturated carbocycles. The lowest BCUT2D eigenvalue weighted by Crippen LogP contribution is -2.39. The number of carbonyl (C=O) groups is 1. The van der Waals surface area contributed by atoms with Gasteiger partial charge in [-0.1, -0.05) is 23.8 Å². The van der Waals surface area contributed by atoms with Gasteiger partial charge in [-0.2, -0.15) is 4.98 Å². The molecule has 0 radical (unpaired) electrons. The van der Waals surface area contributed by atoms with E-state index in [1.165, 1.54) is 9.13 Å². The van der Waals surface area contributed by atoms with E-state index in [1.54, 1.807) is 35.7 Å². The van der Waals surface area contributed by atoms with Crippen molar-refractivity contribution in [2.24, 2.45) is 12.8 Å². The minimum atomic E-state index is -0.506. The van der Waals surface area contributed by atoms with Gasteiger partial charge in [0.2, 0.25) is 11.7 Å². The van der Waals surface area contributed by atoms with Crippen LogP contribution in [-0.2, 0) is 13.6 Å². The summed E-state index contributed by atoms with van der Waals surface area (Å²) in [7, 11) is 1.63. The van der Waals surface area contributed by atoms with E-state index in [4.69, 9.17) is 10.7 Å². The molecule has 0 aliphatic rings. The zero-order chi connectivity index (χ0) is 25.2. The van der Waals surface area contributed by atoms with Crippen molar-refractivity contribution in [1.82, 2.24) is 23.1 Å². The molecule has 2 aromatic carbocycles. The minimum Gasteiger partial charge on any atom is -0.366 e. The first-order valence-corrected chi connectivity index (χ1v) is 11.3. The Balaban J connectivity index is 1.79. The highest BCUT2D eigenvalue weighted by Gasteiger charge is 2.23. The molecule has 0 unspecified atom stereocenters. The largest absolute Gasteiger partial charge is 0.366 e. The van der Waals surface area contributed by atoms with Crippen LogP contribution < -0.4 is 17.0 Å². The highest BCUT2D eigenvalue weighted by Crippen LogP contribution is 2.25. The highest BCUT2D eigenvalue weighted by molar-refractivity contribution is 5.93. The van der Waals surface area contributed by atoms with E-state index in [9.17, 15) is 14.4 Å². The minimum absolute atomic E-state index is 0.176. The average molecular weight is 471 g/mol.